The second-order valence-corrected chi connectivity index (χ2v) is 8.56. The third-order valence-corrected chi connectivity index (χ3v) is 5.88. The summed E-state index contributed by atoms with van der Waals surface area (Å²) in [7, 11) is 1.48. The lowest BCUT2D eigenvalue weighted by molar-refractivity contribution is -0.384. The lowest BCUT2D eigenvalue weighted by Crippen LogP contribution is -2.14. The van der Waals surface area contributed by atoms with Crippen molar-refractivity contribution in [2.45, 2.75) is 13.5 Å². The molecule has 0 bridgehead atoms. The van der Waals surface area contributed by atoms with Gasteiger partial charge < -0.3 is 14.8 Å². The molecule has 0 saturated heterocycles. The van der Waals surface area contributed by atoms with Crippen molar-refractivity contribution in [3.05, 3.63) is 96.5 Å². The fourth-order valence-electron chi connectivity index (χ4n) is 3.14. The Kier molecular flexibility index (Phi) is 8.47. The lowest BCUT2D eigenvalue weighted by atomic mass is 10.1. The monoisotopic (exact) mass is 555 g/mol. The highest BCUT2D eigenvalue weighted by Crippen LogP contribution is 2.38. The second-order valence-electron chi connectivity index (χ2n) is 7.29. The van der Waals surface area contributed by atoms with Crippen LogP contribution in [-0.2, 0) is 11.4 Å². The van der Waals surface area contributed by atoms with E-state index in [0.717, 1.165) is 5.56 Å². The van der Waals surface area contributed by atoms with Crippen molar-refractivity contribution in [2.24, 2.45) is 0 Å². The van der Waals surface area contributed by atoms with Crippen molar-refractivity contribution < 1.29 is 19.2 Å². The lowest BCUT2D eigenvalue weighted by Gasteiger charge is -2.14. The Morgan fingerprint density at radius 2 is 2.00 bits per heavy atom. The maximum Gasteiger partial charge on any atom is 0.269 e. The molecule has 35 heavy (non-hydrogen) atoms. The average Bonchev–Trinajstić information content (AvgIpc) is 2.83. The van der Waals surface area contributed by atoms with E-state index in [1.54, 1.807) is 25.1 Å². The van der Waals surface area contributed by atoms with Gasteiger partial charge in [0, 0.05) is 28.4 Å². The van der Waals surface area contributed by atoms with Crippen LogP contribution in [0.15, 0.2) is 64.6 Å². The summed E-state index contributed by atoms with van der Waals surface area (Å²) in [4.78, 5) is 23.1. The van der Waals surface area contributed by atoms with E-state index in [4.69, 9.17) is 21.1 Å². The van der Waals surface area contributed by atoms with Crippen LogP contribution in [0, 0.1) is 28.4 Å². The average molecular weight is 557 g/mol. The molecule has 0 fully saturated rings. The molecule has 0 aliphatic heterocycles. The number of nitriles is 1. The predicted molar refractivity (Wildman–Crippen MR) is 137 cm³/mol. The number of nitrogens with one attached hydrogen (secondary N) is 1. The minimum atomic E-state index is -0.654. The molecule has 0 atom stereocenters. The molecule has 10 heteroatoms. The van der Waals surface area contributed by atoms with Crippen LogP contribution in [0.1, 0.15) is 16.7 Å². The minimum absolute atomic E-state index is 0.0923. The number of benzene rings is 3. The zero-order chi connectivity index (χ0) is 25.5. The van der Waals surface area contributed by atoms with Gasteiger partial charge in [-0.15, -0.1) is 0 Å². The first kappa shape index (κ1) is 25.7. The number of methoxy groups -OCH3 is 1. The molecule has 0 heterocycles. The number of hydrogen-bond acceptors (Lipinski definition) is 6. The Bertz CT molecular complexity index is 1370. The molecule has 0 spiro atoms. The quantitative estimate of drug-likeness (QED) is 0.148. The van der Waals surface area contributed by atoms with Crippen LogP contribution in [0.3, 0.4) is 0 Å². The zero-order valence-corrected chi connectivity index (χ0v) is 21.0. The van der Waals surface area contributed by atoms with E-state index < -0.39 is 10.8 Å². The first-order chi connectivity index (χ1) is 16.7. The van der Waals surface area contributed by atoms with E-state index in [1.165, 1.54) is 31.4 Å². The maximum absolute atomic E-state index is 12.7. The van der Waals surface area contributed by atoms with Gasteiger partial charge >= 0.3 is 0 Å². The normalized spacial score (nSPS) is 10.9. The van der Waals surface area contributed by atoms with E-state index in [1.807, 2.05) is 24.3 Å². The summed E-state index contributed by atoms with van der Waals surface area (Å²) in [6.45, 7) is 1.84. The van der Waals surface area contributed by atoms with E-state index in [0.29, 0.717) is 37.8 Å². The number of non-ortho nitro benzene ring substituents is 1. The van der Waals surface area contributed by atoms with Gasteiger partial charge in [-0.05, 0) is 64.3 Å². The van der Waals surface area contributed by atoms with Crippen LogP contribution in [-0.4, -0.2) is 17.9 Å². The van der Waals surface area contributed by atoms with Gasteiger partial charge in [0.25, 0.3) is 11.6 Å². The van der Waals surface area contributed by atoms with Crippen LogP contribution >= 0.6 is 27.5 Å². The van der Waals surface area contributed by atoms with Crippen LogP contribution in [0.25, 0.3) is 6.08 Å². The van der Waals surface area contributed by atoms with Gasteiger partial charge in [-0.1, -0.05) is 29.8 Å². The molecule has 0 unspecified atom stereocenters. The van der Waals surface area contributed by atoms with Crippen molar-refractivity contribution in [1.82, 2.24) is 0 Å². The largest absolute Gasteiger partial charge is 0.493 e. The Morgan fingerprint density at radius 1 is 1.26 bits per heavy atom. The molecule has 0 aromatic heterocycles. The van der Waals surface area contributed by atoms with Crippen molar-refractivity contribution in [3.8, 4) is 17.6 Å². The van der Waals surface area contributed by atoms with Gasteiger partial charge in [0.05, 0.1) is 16.5 Å². The molecule has 3 rings (SSSR count). The van der Waals surface area contributed by atoms with Crippen LogP contribution in [0.2, 0.25) is 5.02 Å². The fourth-order valence-corrected chi connectivity index (χ4v) is 3.90. The number of amides is 1. The van der Waals surface area contributed by atoms with E-state index in [-0.39, 0.29) is 17.9 Å². The summed E-state index contributed by atoms with van der Waals surface area (Å²) in [6.07, 6.45) is 1.40. The van der Waals surface area contributed by atoms with Crippen molar-refractivity contribution in [1.29, 1.82) is 5.26 Å². The minimum Gasteiger partial charge on any atom is -0.493 e. The number of carbonyl (C=O) groups is 1. The highest BCUT2D eigenvalue weighted by molar-refractivity contribution is 9.10. The molecule has 8 nitrogen and oxygen atoms in total. The summed E-state index contributed by atoms with van der Waals surface area (Å²) >= 11 is 9.65. The fraction of sp³-hybridized carbons (Fsp3) is 0.120. The zero-order valence-electron chi connectivity index (χ0n) is 18.7. The highest BCUT2D eigenvalue weighted by atomic mass is 79.9. The highest BCUT2D eigenvalue weighted by Gasteiger charge is 2.16. The number of rotatable bonds is 8. The van der Waals surface area contributed by atoms with Crippen LogP contribution in [0.4, 0.5) is 11.4 Å². The van der Waals surface area contributed by atoms with Gasteiger partial charge in [-0.2, -0.15) is 5.26 Å². The molecule has 178 valence electrons. The number of ether oxygens (including phenoxy) is 2. The van der Waals surface area contributed by atoms with E-state index in [9.17, 15) is 20.2 Å². The number of aryl methyl sites for hydroxylation is 1. The molecular formula is C25H19BrClN3O5. The number of halogens is 2. The van der Waals surface area contributed by atoms with Gasteiger partial charge in [-0.25, -0.2) is 0 Å². The molecule has 3 aromatic carbocycles. The van der Waals surface area contributed by atoms with Crippen molar-refractivity contribution >= 4 is 50.9 Å². The molecule has 0 radical (unpaired) electrons. The summed E-state index contributed by atoms with van der Waals surface area (Å²) < 4.78 is 11.9. The second kappa shape index (κ2) is 11.5. The third kappa shape index (κ3) is 6.38. The first-order valence-corrected chi connectivity index (χ1v) is 11.3. The number of nitrogens with zero attached hydrogens (tertiary/aromatic N) is 2. The molecule has 1 N–H and O–H groups in total. The van der Waals surface area contributed by atoms with Crippen LogP contribution in [0.5, 0.6) is 11.5 Å². The Labute approximate surface area is 215 Å². The summed E-state index contributed by atoms with van der Waals surface area (Å²) in [6, 6.07) is 16.6. The van der Waals surface area contributed by atoms with Gasteiger partial charge in [0.2, 0.25) is 0 Å². The third-order valence-electron chi connectivity index (χ3n) is 4.93. The summed E-state index contributed by atoms with van der Waals surface area (Å²) in [5, 5.41) is 23.7. The molecule has 3 aromatic rings. The number of hydrogen-bond donors (Lipinski definition) is 1. The van der Waals surface area contributed by atoms with Crippen molar-refractivity contribution in [3.63, 3.8) is 0 Å². The molecule has 1 amide bonds. The standard InChI is InChI=1S/C25H19BrClN3O5/c1-15-9-19(30(32)33)7-8-22(15)29-25(31)18(13-28)10-16-11-20(26)24(23(12-16)34-2)35-14-17-5-3-4-6-21(17)27/h3-12H,14H2,1-2H3,(H,29,31)/b18-10+. The van der Waals surface area contributed by atoms with Crippen molar-refractivity contribution in [2.75, 3.05) is 12.4 Å². The molecule has 0 aliphatic rings. The maximum atomic E-state index is 12.7. The van der Waals surface area contributed by atoms with Gasteiger partial charge in [0.15, 0.2) is 11.5 Å². The smallest absolute Gasteiger partial charge is 0.269 e. The molecule has 0 aliphatic carbocycles. The number of anilines is 1. The Balaban J connectivity index is 1.83. The number of nitro groups is 1. The molecule has 0 saturated carbocycles. The first-order valence-electron chi connectivity index (χ1n) is 10.2. The Hall–Kier alpha value is -3.87. The topological polar surface area (TPSA) is 114 Å². The SMILES string of the molecule is COc1cc(/C=C(\C#N)C(=O)Nc2ccc([N+](=O)[O-])cc2C)cc(Br)c1OCc1ccccc1Cl. The number of nitro benzene ring substituents is 1. The Morgan fingerprint density at radius 3 is 2.63 bits per heavy atom. The van der Waals surface area contributed by atoms with E-state index in [2.05, 4.69) is 21.2 Å². The van der Waals surface area contributed by atoms with Crippen LogP contribution < -0.4 is 14.8 Å². The van der Waals surface area contributed by atoms with Gasteiger partial charge in [0.1, 0.15) is 18.2 Å². The summed E-state index contributed by atoms with van der Waals surface area (Å²) in [5.41, 5.74) is 1.92. The van der Waals surface area contributed by atoms with E-state index >= 15 is 0 Å². The van der Waals surface area contributed by atoms with Gasteiger partial charge in [-0.3, -0.25) is 14.9 Å². The predicted octanol–water partition coefficient (Wildman–Crippen LogP) is 6.45. The molecular weight excluding hydrogens is 538 g/mol. The number of carbonyl (C=O) groups excluding carboxylic acids is 1. The summed E-state index contributed by atoms with van der Waals surface area (Å²) in [5.74, 6) is 0.175.